The Morgan fingerprint density at radius 1 is 1.15 bits per heavy atom. The number of halogens is 3. The number of hydrogen-bond donors (Lipinski definition) is 5. The van der Waals surface area contributed by atoms with Gasteiger partial charge >= 0.3 is 6.18 Å². The van der Waals surface area contributed by atoms with E-state index < -0.39 is 34.6 Å². The number of alkyl halides is 3. The van der Waals surface area contributed by atoms with Crippen LogP contribution < -0.4 is 16.0 Å². The van der Waals surface area contributed by atoms with Crippen LogP contribution in [-0.2, 0) is 22.2 Å². The van der Waals surface area contributed by atoms with Crippen LogP contribution >= 0.6 is 22.7 Å². The summed E-state index contributed by atoms with van der Waals surface area (Å²) >= 11 is 1.66. The Labute approximate surface area is 240 Å². The van der Waals surface area contributed by atoms with Crippen molar-refractivity contribution in [2.75, 3.05) is 11.9 Å². The van der Waals surface area contributed by atoms with Crippen molar-refractivity contribution in [1.82, 2.24) is 25.8 Å². The van der Waals surface area contributed by atoms with Crippen LogP contribution in [0.1, 0.15) is 51.4 Å². The molecule has 41 heavy (non-hydrogen) atoms. The van der Waals surface area contributed by atoms with Crippen molar-refractivity contribution < 1.29 is 37.5 Å². The first-order chi connectivity index (χ1) is 19.5. The highest BCUT2D eigenvalue weighted by molar-refractivity contribution is 7.17. The molecule has 4 aromatic rings. The van der Waals surface area contributed by atoms with Gasteiger partial charge in [-0.3, -0.25) is 24.3 Å². The topological polar surface area (TPSA) is 166 Å². The monoisotopic (exact) mass is 612 g/mol. The normalized spacial score (nSPS) is 11.3. The minimum atomic E-state index is -4.91. The Balaban J connectivity index is 0.00000110. The molecule has 1 aromatic carbocycles. The van der Waals surface area contributed by atoms with Crippen molar-refractivity contribution in [3.8, 4) is 0 Å². The summed E-state index contributed by atoms with van der Waals surface area (Å²) in [6.45, 7) is 5.30. The van der Waals surface area contributed by atoms with E-state index in [4.69, 9.17) is 9.90 Å². The molecule has 0 aliphatic carbocycles. The standard InChI is InChI=1S/C22H19F3N6O3S2.C2H6.CH2O2/c1-11(9-26-19(33)15-6-3-7-35-15)28-20(34)17-18(22(23,24)25)30-21(36-17)29-16(32)8-12-4-2-5-14-13(12)10-27-31-14;1-2;2-1-3/h2-7,10-11H,8-9H2,1H3,(H,26,33)(H,27,31)(H,28,34)(H,29,30,32);1-2H3;1H,(H,2,3). The van der Waals surface area contributed by atoms with Crippen molar-refractivity contribution in [2.24, 2.45) is 0 Å². The number of aromatic nitrogens is 3. The molecule has 0 bridgehead atoms. The smallest absolute Gasteiger partial charge is 0.435 e. The summed E-state index contributed by atoms with van der Waals surface area (Å²) in [7, 11) is 0. The van der Waals surface area contributed by atoms with Gasteiger partial charge in [-0.05, 0) is 30.0 Å². The molecule has 16 heteroatoms. The number of carboxylic acid groups (broad SMARTS) is 1. The van der Waals surface area contributed by atoms with Gasteiger partial charge in [0.25, 0.3) is 18.3 Å². The van der Waals surface area contributed by atoms with Gasteiger partial charge < -0.3 is 21.1 Å². The molecule has 4 rings (SSSR count). The summed E-state index contributed by atoms with van der Waals surface area (Å²) in [5.41, 5.74) is -0.0524. The van der Waals surface area contributed by atoms with Gasteiger partial charge in [0.05, 0.1) is 23.0 Å². The quantitative estimate of drug-likeness (QED) is 0.182. The molecular weight excluding hydrogens is 585 g/mol. The number of aromatic amines is 1. The molecule has 5 N–H and O–H groups in total. The molecule has 220 valence electrons. The van der Waals surface area contributed by atoms with E-state index in [1.807, 2.05) is 13.8 Å². The van der Waals surface area contributed by atoms with Gasteiger partial charge in [0.1, 0.15) is 4.88 Å². The van der Waals surface area contributed by atoms with Crippen molar-refractivity contribution in [3.63, 3.8) is 0 Å². The SMILES string of the molecule is CC.CC(CNC(=O)c1cccs1)NC(=O)c1sc(NC(=O)Cc2cccc3[nH]ncc23)nc1C(F)(F)F.O=CO. The van der Waals surface area contributed by atoms with Gasteiger partial charge in [-0.15, -0.1) is 11.3 Å². The lowest BCUT2D eigenvalue weighted by Crippen LogP contribution is -2.41. The third kappa shape index (κ3) is 9.39. The number of hydrogen-bond acceptors (Lipinski definition) is 8. The number of amides is 3. The first kappa shape index (κ1) is 32.9. The zero-order chi connectivity index (χ0) is 30.6. The Morgan fingerprint density at radius 2 is 1.85 bits per heavy atom. The lowest BCUT2D eigenvalue weighted by molar-refractivity contribution is -0.141. The number of nitrogens with one attached hydrogen (secondary N) is 4. The van der Waals surface area contributed by atoms with Crippen molar-refractivity contribution in [2.45, 2.75) is 39.4 Å². The van der Waals surface area contributed by atoms with Crippen LogP contribution in [0, 0.1) is 0 Å². The van der Waals surface area contributed by atoms with Crippen LogP contribution in [0.25, 0.3) is 10.9 Å². The largest absolute Gasteiger partial charge is 0.483 e. The van der Waals surface area contributed by atoms with E-state index in [0.29, 0.717) is 32.7 Å². The van der Waals surface area contributed by atoms with Crippen molar-refractivity contribution in [1.29, 1.82) is 0 Å². The number of benzene rings is 1. The van der Waals surface area contributed by atoms with E-state index in [-0.39, 0.29) is 30.5 Å². The van der Waals surface area contributed by atoms with Gasteiger partial charge in [0, 0.05) is 18.0 Å². The first-order valence-electron chi connectivity index (χ1n) is 12.0. The third-order valence-electron chi connectivity index (χ3n) is 4.97. The molecule has 3 amide bonds. The minimum Gasteiger partial charge on any atom is -0.483 e. The van der Waals surface area contributed by atoms with Crippen molar-refractivity contribution >= 4 is 62.9 Å². The van der Waals surface area contributed by atoms with Gasteiger partial charge in [-0.1, -0.05) is 43.4 Å². The fourth-order valence-corrected chi connectivity index (χ4v) is 4.87. The molecule has 0 saturated carbocycles. The molecule has 0 aliphatic heterocycles. The van der Waals surface area contributed by atoms with Crippen LogP contribution in [0.2, 0.25) is 0 Å². The molecule has 1 unspecified atom stereocenters. The van der Waals surface area contributed by atoms with Gasteiger partial charge in [-0.2, -0.15) is 18.3 Å². The molecule has 0 saturated heterocycles. The van der Waals surface area contributed by atoms with Gasteiger partial charge in [0.2, 0.25) is 5.91 Å². The second-order valence-electron chi connectivity index (χ2n) is 7.84. The molecule has 0 radical (unpaired) electrons. The molecule has 0 spiro atoms. The minimum absolute atomic E-state index is 0.00573. The number of fused-ring (bicyclic) bond motifs is 1. The highest BCUT2D eigenvalue weighted by atomic mass is 32.1. The maximum atomic E-state index is 13.6. The second-order valence-corrected chi connectivity index (χ2v) is 9.78. The number of thiazole rings is 1. The number of carbonyl (C=O) groups excluding carboxylic acids is 3. The maximum absolute atomic E-state index is 13.6. The average molecular weight is 613 g/mol. The Kier molecular flexibility index (Phi) is 12.4. The predicted octanol–water partition coefficient (Wildman–Crippen LogP) is 4.56. The van der Waals surface area contributed by atoms with Crippen LogP contribution in [0.15, 0.2) is 41.9 Å². The zero-order valence-electron chi connectivity index (χ0n) is 22.0. The van der Waals surface area contributed by atoms with Crippen LogP contribution in [0.5, 0.6) is 0 Å². The van der Waals surface area contributed by atoms with E-state index >= 15 is 0 Å². The predicted molar refractivity (Wildman–Crippen MR) is 149 cm³/mol. The second kappa shape index (κ2) is 15.5. The third-order valence-corrected chi connectivity index (χ3v) is 6.80. The molecule has 0 fully saturated rings. The highest BCUT2D eigenvalue weighted by Crippen LogP contribution is 2.36. The zero-order valence-corrected chi connectivity index (χ0v) is 23.7. The van der Waals surface area contributed by atoms with E-state index in [2.05, 4.69) is 31.1 Å². The van der Waals surface area contributed by atoms with Gasteiger partial charge in [0.15, 0.2) is 10.8 Å². The van der Waals surface area contributed by atoms with Crippen LogP contribution in [0.3, 0.4) is 0 Å². The number of anilines is 1. The first-order valence-corrected chi connectivity index (χ1v) is 13.7. The summed E-state index contributed by atoms with van der Waals surface area (Å²) in [5, 5.41) is 23.1. The lowest BCUT2D eigenvalue weighted by atomic mass is 10.1. The number of H-pyrrole nitrogens is 1. The summed E-state index contributed by atoms with van der Waals surface area (Å²) in [6, 6.07) is 7.87. The maximum Gasteiger partial charge on any atom is 0.435 e. The Hall–Kier alpha value is -4.31. The molecule has 11 nitrogen and oxygen atoms in total. The number of thiophene rings is 1. The molecular formula is C25H27F3N6O5S2. The highest BCUT2D eigenvalue weighted by Gasteiger charge is 2.40. The van der Waals surface area contributed by atoms with E-state index in [9.17, 15) is 27.6 Å². The lowest BCUT2D eigenvalue weighted by Gasteiger charge is -2.14. The fourth-order valence-electron chi connectivity index (χ4n) is 3.32. The van der Waals surface area contributed by atoms with Crippen LogP contribution in [-0.4, -0.2) is 57.1 Å². The molecule has 0 aliphatic rings. The molecule has 3 heterocycles. The number of carbonyl (C=O) groups is 4. The summed E-state index contributed by atoms with van der Waals surface area (Å²) < 4.78 is 40.7. The number of rotatable bonds is 8. The van der Waals surface area contributed by atoms with E-state index in [1.54, 1.807) is 48.8 Å². The summed E-state index contributed by atoms with van der Waals surface area (Å²) in [5.74, 6) is -1.96. The average Bonchev–Trinajstić information content (AvgIpc) is 3.70. The molecule has 3 aromatic heterocycles. The molecule has 1 atom stereocenters. The summed E-state index contributed by atoms with van der Waals surface area (Å²) in [6.07, 6.45) is -3.49. The Morgan fingerprint density at radius 3 is 2.49 bits per heavy atom. The summed E-state index contributed by atoms with van der Waals surface area (Å²) in [4.78, 5) is 48.8. The van der Waals surface area contributed by atoms with E-state index in [0.717, 1.165) is 0 Å². The number of nitrogens with zero attached hydrogens (tertiary/aromatic N) is 2. The van der Waals surface area contributed by atoms with Crippen molar-refractivity contribution in [3.05, 3.63) is 62.9 Å². The Bertz CT molecular complexity index is 1450. The van der Waals surface area contributed by atoms with Gasteiger partial charge in [-0.25, -0.2) is 4.98 Å². The fraction of sp³-hybridized carbons (Fsp3) is 0.280. The van der Waals surface area contributed by atoms with Crippen LogP contribution in [0.4, 0.5) is 18.3 Å². The van der Waals surface area contributed by atoms with E-state index in [1.165, 1.54) is 11.3 Å².